The Morgan fingerprint density at radius 3 is 2.53 bits per heavy atom. The van der Waals surface area contributed by atoms with Crippen molar-refractivity contribution in [2.75, 3.05) is 23.3 Å². The van der Waals surface area contributed by atoms with Crippen molar-refractivity contribution in [3.63, 3.8) is 0 Å². The lowest BCUT2D eigenvalue weighted by Gasteiger charge is -2.39. The summed E-state index contributed by atoms with van der Waals surface area (Å²) in [5.41, 5.74) is 2.37. The third-order valence-electron chi connectivity index (χ3n) is 6.14. The number of benzene rings is 1. The van der Waals surface area contributed by atoms with Gasteiger partial charge in [-0.3, -0.25) is 9.78 Å². The van der Waals surface area contributed by atoms with Crippen molar-refractivity contribution < 1.29 is 9.90 Å². The number of hydrogen-bond donors (Lipinski definition) is 2. The molecule has 34 heavy (non-hydrogen) atoms. The number of rotatable bonds is 5. The number of aliphatic hydroxyl groups is 1. The molecule has 0 aliphatic carbocycles. The lowest BCUT2D eigenvalue weighted by atomic mass is 9.84. The van der Waals surface area contributed by atoms with Crippen LogP contribution in [0.2, 0.25) is 0 Å². The number of nitrogens with zero attached hydrogens (tertiary/aromatic N) is 4. The van der Waals surface area contributed by atoms with Crippen LogP contribution in [-0.4, -0.2) is 39.1 Å². The number of aromatic nitrogens is 3. The van der Waals surface area contributed by atoms with E-state index in [0.717, 1.165) is 22.0 Å². The van der Waals surface area contributed by atoms with E-state index in [1.165, 1.54) is 11.3 Å². The molecule has 172 valence electrons. The Kier molecular flexibility index (Phi) is 6.08. The van der Waals surface area contributed by atoms with Crippen LogP contribution in [-0.2, 0) is 5.60 Å². The Morgan fingerprint density at radius 2 is 1.85 bits per heavy atom. The zero-order valence-electron chi connectivity index (χ0n) is 18.8. The van der Waals surface area contributed by atoms with Crippen LogP contribution < -0.4 is 10.2 Å². The fourth-order valence-corrected chi connectivity index (χ4v) is 5.15. The molecule has 3 aromatic heterocycles. The fourth-order valence-electron chi connectivity index (χ4n) is 4.20. The van der Waals surface area contributed by atoms with Gasteiger partial charge >= 0.3 is 0 Å². The molecule has 4 heterocycles. The molecule has 0 saturated carbocycles. The van der Waals surface area contributed by atoms with Gasteiger partial charge in [-0.05, 0) is 49.6 Å². The van der Waals surface area contributed by atoms with Crippen LogP contribution in [0.5, 0.6) is 0 Å². The molecule has 1 amide bonds. The molecule has 8 heteroatoms. The number of pyridine rings is 2. The van der Waals surface area contributed by atoms with Crippen LogP contribution in [0.25, 0.3) is 10.6 Å². The molecule has 4 aromatic rings. The molecule has 0 unspecified atom stereocenters. The number of carbonyl (C=O) groups is 1. The molecule has 7 nitrogen and oxygen atoms in total. The first-order chi connectivity index (χ1) is 16.5. The third-order valence-corrected chi connectivity index (χ3v) is 7.35. The fraction of sp³-hybridized carbons (Fsp3) is 0.231. The first-order valence-electron chi connectivity index (χ1n) is 11.2. The summed E-state index contributed by atoms with van der Waals surface area (Å²) in [6, 6.07) is 17.4. The standard InChI is InChI=1S/C26H25N5O2S/c1-18-23(34-25(29-18)19-6-5-13-27-16-19)24(32)30-21-9-10-22(28-17-21)31-14-11-26(33,12-15-31)20-7-3-2-4-8-20/h2-10,13,16-17,33H,11-12,14-15H2,1H3,(H,30,32). The molecule has 1 aliphatic rings. The number of carbonyl (C=O) groups excluding carboxylic acids is 1. The highest BCUT2D eigenvalue weighted by atomic mass is 32.1. The summed E-state index contributed by atoms with van der Waals surface area (Å²) in [6.07, 6.45) is 6.40. The van der Waals surface area contributed by atoms with Gasteiger partial charge in [-0.1, -0.05) is 30.3 Å². The minimum atomic E-state index is -0.799. The molecule has 0 atom stereocenters. The predicted molar refractivity (Wildman–Crippen MR) is 134 cm³/mol. The molecule has 0 bridgehead atoms. The summed E-state index contributed by atoms with van der Waals surface area (Å²) >= 11 is 1.35. The van der Waals surface area contributed by atoms with Crippen molar-refractivity contribution >= 4 is 28.7 Å². The van der Waals surface area contributed by atoms with Crippen LogP contribution in [0.3, 0.4) is 0 Å². The van der Waals surface area contributed by atoms with Gasteiger partial charge in [-0.15, -0.1) is 11.3 Å². The average Bonchev–Trinajstić information content (AvgIpc) is 3.28. The van der Waals surface area contributed by atoms with Gasteiger partial charge in [0.2, 0.25) is 0 Å². The summed E-state index contributed by atoms with van der Waals surface area (Å²) in [7, 11) is 0. The van der Waals surface area contributed by atoms with Crippen LogP contribution in [0.15, 0.2) is 73.2 Å². The van der Waals surface area contributed by atoms with Gasteiger partial charge in [0.05, 0.1) is 23.2 Å². The van der Waals surface area contributed by atoms with Gasteiger partial charge < -0.3 is 15.3 Å². The lowest BCUT2D eigenvalue weighted by molar-refractivity contribution is 0.0116. The number of piperidine rings is 1. The molecule has 1 aliphatic heterocycles. The number of amides is 1. The third kappa shape index (κ3) is 4.55. The zero-order valence-corrected chi connectivity index (χ0v) is 19.6. The smallest absolute Gasteiger partial charge is 0.267 e. The van der Waals surface area contributed by atoms with Crippen molar-refractivity contribution in [2.45, 2.75) is 25.4 Å². The van der Waals surface area contributed by atoms with Gasteiger partial charge in [-0.25, -0.2) is 9.97 Å². The highest BCUT2D eigenvalue weighted by Gasteiger charge is 2.34. The summed E-state index contributed by atoms with van der Waals surface area (Å²) in [5, 5.41) is 14.7. The van der Waals surface area contributed by atoms with E-state index in [0.29, 0.717) is 42.2 Å². The molecule has 0 radical (unpaired) electrons. The minimum absolute atomic E-state index is 0.203. The maximum Gasteiger partial charge on any atom is 0.267 e. The van der Waals surface area contributed by atoms with E-state index in [1.54, 1.807) is 18.6 Å². The Hall–Kier alpha value is -3.62. The number of hydrogen-bond acceptors (Lipinski definition) is 7. The second kappa shape index (κ2) is 9.32. The predicted octanol–water partition coefficient (Wildman–Crippen LogP) is 4.65. The summed E-state index contributed by atoms with van der Waals surface area (Å²) in [4.78, 5) is 28.8. The van der Waals surface area contributed by atoms with Crippen LogP contribution in [0.1, 0.15) is 33.8 Å². The normalized spacial score (nSPS) is 15.2. The van der Waals surface area contributed by atoms with E-state index in [4.69, 9.17) is 0 Å². The van der Waals surface area contributed by atoms with Crippen molar-refractivity contribution in [3.05, 3.63) is 89.3 Å². The Balaban J connectivity index is 1.22. The molecule has 0 spiro atoms. The number of aryl methyl sites for hydroxylation is 1. The first-order valence-corrected chi connectivity index (χ1v) is 12.0. The minimum Gasteiger partial charge on any atom is -0.385 e. The number of thiazole rings is 1. The zero-order chi connectivity index (χ0) is 23.5. The average molecular weight is 472 g/mol. The van der Waals surface area contributed by atoms with E-state index in [-0.39, 0.29) is 5.91 Å². The van der Waals surface area contributed by atoms with E-state index in [9.17, 15) is 9.90 Å². The van der Waals surface area contributed by atoms with Crippen LogP contribution in [0, 0.1) is 6.92 Å². The molecular weight excluding hydrogens is 446 g/mol. The van der Waals surface area contributed by atoms with Crippen LogP contribution >= 0.6 is 11.3 Å². The van der Waals surface area contributed by atoms with Gasteiger partial charge in [0.15, 0.2) is 0 Å². The topological polar surface area (TPSA) is 91.2 Å². The Labute approximate surface area is 202 Å². The summed E-state index contributed by atoms with van der Waals surface area (Å²) < 4.78 is 0. The molecule has 1 saturated heterocycles. The van der Waals surface area contributed by atoms with Crippen molar-refractivity contribution in [1.82, 2.24) is 15.0 Å². The number of nitrogens with one attached hydrogen (secondary N) is 1. The Morgan fingerprint density at radius 1 is 1.06 bits per heavy atom. The second-order valence-electron chi connectivity index (χ2n) is 8.42. The number of anilines is 2. The van der Waals surface area contributed by atoms with Crippen molar-refractivity contribution in [1.29, 1.82) is 0 Å². The monoisotopic (exact) mass is 471 g/mol. The maximum absolute atomic E-state index is 12.9. The summed E-state index contributed by atoms with van der Waals surface area (Å²) in [5.74, 6) is 0.631. The van der Waals surface area contributed by atoms with E-state index in [1.807, 2.05) is 61.5 Å². The van der Waals surface area contributed by atoms with E-state index in [2.05, 4.69) is 25.2 Å². The molecule has 2 N–H and O–H groups in total. The van der Waals surface area contributed by atoms with Gasteiger partial charge in [0, 0.05) is 31.0 Å². The quantitative estimate of drug-likeness (QED) is 0.440. The van der Waals surface area contributed by atoms with Gasteiger partial charge in [0.25, 0.3) is 5.91 Å². The van der Waals surface area contributed by atoms with E-state index < -0.39 is 5.60 Å². The SMILES string of the molecule is Cc1nc(-c2cccnc2)sc1C(=O)Nc1ccc(N2CCC(O)(c3ccccc3)CC2)nc1. The largest absolute Gasteiger partial charge is 0.385 e. The van der Waals surface area contributed by atoms with Gasteiger partial charge in [0.1, 0.15) is 15.7 Å². The van der Waals surface area contributed by atoms with Crippen molar-refractivity contribution in [2.24, 2.45) is 0 Å². The molecular formula is C26H25N5O2S. The highest BCUT2D eigenvalue weighted by molar-refractivity contribution is 7.17. The maximum atomic E-state index is 12.9. The second-order valence-corrected chi connectivity index (χ2v) is 9.42. The first kappa shape index (κ1) is 22.2. The summed E-state index contributed by atoms with van der Waals surface area (Å²) in [6.45, 7) is 3.25. The van der Waals surface area contributed by atoms with Gasteiger partial charge in [-0.2, -0.15) is 0 Å². The Bertz CT molecular complexity index is 1270. The molecule has 5 rings (SSSR count). The van der Waals surface area contributed by atoms with Crippen molar-refractivity contribution in [3.8, 4) is 10.6 Å². The lowest BCUT2D eigenvalue weighted by Crippen LogP contribution is -2.42. The molecule has 1 fully saturated rings. The van der Waals surface area contributed by atoms with Crippen LogP contribution in [0.4, 0.5) is 11.5 Å². The van der Waals surface area contributed by atoms with E-state index >= 15 is 0 Å². The highest BCUT2D eigenvalue weighted by Crippen LogP contribution is 2.34. The molecule has 1 aromatic carbocycles.